The summed E-state index contributed by atoms with van der Waals surface area (Å²) in [6.45, 7) is 12.7. The summed E-state index contributed by atoms with van der Waals surface area (Å²) in [5.41, 5.74) is 1.76. The van der Waals surface area contributed by atoms with E-state index in [0.717, 1.165) is 13.1 Å². The molecule has 0 amide bonds. The zero-order valence-electron chi connectivity index (χ0n) is 13.9. The van der Waals surface area contributed by atoms with Crippen molar-refractivity contribution in [3.05, 3.63) is 35.9 Å². The van der Waals surface area contributed by atoms with Crippen molar-refractivity contribution in [2.75, 3.05) is 31.1 Å². The van der Waals surface area contributed by atoms with E-state index in [-0.39, 0.29) is 0 Å². The molecular weight excluding hydrogens is 276 g/mol. The largest absolute Gasteiger partial charge is 0.310 e. The Morgan fingerprint density at radius 1 is 1.24 bits per heavy atom. The van der Waals surface area contributed by atoms with Crippen molar-refractivity contribution in [3.63, 3.8) is 0 Å². The fourth-order valence-electron chi connectivity index (χ4n) is 2.97. The third-order valence-electron chi connectivity index (χ3n) is 4.37. The molecule has 0 aliphatic carbocycles. The van der Waals surface area contributed by atoms with Crippen molar-refractivity contribution < 1.29 is 0 Å². The molecule has 2 nitrogen and oxygen atoms in total. The summed E-state index contributed by atoms with van der Waals surface area (Å²) in [7, 11) is 0. The van der Waals surface area contributed by atoms with Gasteiger partial charge in [0.2, 0.25) is 0 Å². The molecule has 1 heterocycles. The van der Waals surface area contributed by atoms with Crippen LogP contribution >= 0.6 is 11.8 Å². The van der Waals surface area contributed by atoms with Crippen LogP contribution < -0.4 is 5.32 Å². The average molecular weight is 307 g/mol. The molecule has 3 heteroatoms. The summed E-state index contributed by atoms with van der Waals surface area (Å²) in [6.07, 6.45) is 0. The van der Waals surface area contributed by atoms with E-state index in [1.54, 1.807) is 0 Å². The van der Waals surface area contributed by atoms with Gasteiger partial charge in [0.05, 0.1) is 0 Å². The van der Waals surface area contributed by atoms with Gasteiger partial charge in [-0.05, 0) is 16.7 Å². The van der Waals surface area contributed by atoms with Crippen LogP contribution in [0.3, 0.4) is 0 Å². The van der Waals surface area contributed by atoms with Crippen molar-refractivity contribution >= 4 is 11.8 Å². The number of hydrogen-bond donors (Lipinski definition) is 1. The molecule has 2 atom stereocenters. The Kier molecular flexibility index (Phi) is 6.15. The summed E-state index contributed by atoms with van der Waals surface area (Å²) in [6, 6.07) is 12.0. The van der Waals surface area contributed by atoms with E-state index in [0.29, 0.717) is 17.5 Å². The fraction of sp³-hybridized carbons (Fsp3) is 0.667. The van der Waals surface area contributed by atoms with E-state index in [2.05, 4.69) is 68.2 Å². The first kappa shape index (κ1) is 16.9. The fourth-order valence-corrected chi connectivity index (χ4v) is 3.62. The van der Waals surface area contributed by atoms with Crippen LogP contribution in [0.1, 0.15) is 39.3 Å². The highest BCUT2D eigenvalue weighted by Crippen LogP contribution is 2.29. The Morgan fingerprint density at radius 2 is 1.95 bits per heavy atom. The predicted octanol–water partition coefficient (Wildman–Crippen LogP) is 3.80. The van der Waals surface area contributed by atoms with Crippen LogP contribution in [0.25, 0.3) is 0 Å². The highest BCUT2D eigenvalue weighted by Gasteiger charge is 2.34. The molecule has 118 valence electrons. The number of hydrogen-bond acceptors (Lipinski definition) is 3. The highest BCUT2D eigenvalue weighted by molar-refractivity contribution is 7.99. The lowest BCUT2D eigenvalue weighted by Gasteiger charge is -2.45. The highest BCUT2D eigenvalue weighted by atomic mass is 32.2. The van der Waals surface area contributed by atoms with Gasteiger partial charge in [-0.1, -0.05) is 58.0 Å². The lowest BCUT2D eigenvalue weighted by Crippen LogP contribution is -2.57. The molecule has 21 heavy (non-hydrogen) atoms. The normalized spacial score (nSPS) is 24.2. The second kappa shape index (κ2) is 7.66. The van der Waals surface area contributed by atoms with E-state index in [9.17, 15) is 0 Å². The molecule has 1 saturated heterocycles. The molecule has 2 rings (SSSR count). The number of piperazine rings is 1. The average Bonchev–Trinajstić information content (AvgIpc) is 2.47. The zero-order valence-corrected chi connectivity index (χ0v) is 14.7. The molecule has 1 aromatic carbocycles. The van der Waals surface area contributed by atoms with E-state index >= 15 is 0 Å². The van der Waals surface area contributed by atoms with Gasteiger partial charge in [0, 0.05) is 37.5 Å². The number of nitrogens with zero attached hydrogens (tertiary/aromatic N) is 1. The van der Waals surface area contributed by atoms with Crippen molar-refractivity contribution in [3.8, 4) is 0 Å². The van der Waals surface area contributed by atoms with Gasteiger partial charge in [0.1, 0.15) is 0 Å². The Bertz CT molecular complexity index is 413. The van der Waals surface area contributed by atoms with Gasteiger partial charge < -0.3 is 5.32 Å². The second-order valence-corrected chi connectivity index (χ2v) is 8.34. The third-order valence-corrected chi connectivity index (χ3v) is 5.25. The molecule has 1 aliphatic rings. The maximum atomic E-state index is 3.78. The molecule has 0 bridgehead atoms. The molecule has 1 N–H and O–H groups in total. The molecule has 0 spiro atoms. The Labute approximate surface area is 134 Å². The van der Waals surface area contributed by atoms with Crippen molar-refractivity contribution in [2.45, 2.75) is 39.8 Å². The summed E-state index contributed by atoms with van der Waals surface area (Å²) < 4.78 is 0. The molecule has 1 aromatic rings. The van der Waals surface area contributed by atoms with Crippen LogP contribution in [0, 0.1) is 5.41 Å². The SMILES string of the molecule is CCSCCN1CC(C(C)(C)C)NCC1c1ccccc1. The van der Waals surface area contributed by atoms with Gasteiger partial charge in [-0.25, -0.2) is 0 Å². The second-order valence-electron chi connectivity index (χ2n) is 6.95. The maximum absolute atomic E-state index is 3.78. The Morgan fingerprint density at radius 3 is 2.57 bits per heavy atom. The maximum Gasteiger partial charge on any atom is 0.0473 e. The lowest BCUT2D eigenvalue weighted by molar-refractivity contribution is 0.0912. The Hall–Kier alpha value is -0.510. The van der Waals surface area contributed by atoms with Crippen molar-refractivity contribution in [1.82, 2.24) is 10.2 Å². The molecule has 0 radical (unpaired) electrons. The molecule has 0 saturated carbocycles. The van der Waals surface area contributed by atoms with E-state index < -0.39 is 0 Å². The van der Waals surface area contributed by atoms with Crippen molar-refractivity contribution in [1.29, 1.82) is 0 Å². The minimum Gasteiger partial charge on any atom is -0.310 e. The van der Waals surface area contributed by atoms with Gasteiger partial charge in [0.15, 0.2) is 0 Å². The topological polar surface area (TPSA) is 15.3 Å². The lowest BCUT2D eigenvalue weighted by atomic mass is 9.84. The number of rotatable bonds is 5. The minimum atomic E-state index is 0.317. The van der Waals surface area contributed by atoms with Crippen LogP contribution in [0.5, 0.6) is 0 Å². The van der Waals surface area contributed by atoms with Crippen LogP contribution in [-0.2, 0) is 0 Å². The number of benzene rings is 1. The number of thioether (sulfide) groups is 1. The van der Waals surface area contributed by atoms with Crippen LogP contribution in [0.15, 0.2) is 30.3 Å². The standard InChI is InChI=1S/C18H30N2S/c1-5-21-12-11-20-14-17(18(2,3)4)19-13-16(20)15-9-7-6-8-10-15/h6-10,16-17,19H,5,11-14H2,1-4H3. The quantitative estimate of drug-likeness (QED) is 0.833. The summed E-state index contributed by atoms with van der Waals surface area (Å²) >= 11 is 2.05. The Balaban J connectivity index is 2.08. The predicted molar refractivity (Wildman–Crippen MR) is 95.0 cm³/mol. The first-order chi connectivity index (χ1) is 10.0. The van der Waals surface area contributed by atoms with Crippen LogP contribution in [-0.4, -0.2) is 42.1 Å². The summed E-state index contributed by atoms with van der Waals surface area (Å²) in [4.78, 5) is 2.68. The molecule has 1 fully saturated rings. The van der Waals surface area contributed by atoms with Crippen LogP contribution in [0.2, 0.25) is 0 Å². The van der Waals surface area contributed by atoms with Crippen molar-refractivity contribution in [2.24, 2.45) is 5.41 Å². The molecule has 0 aromatic heterocycles. The van der Waals surface area contributed by atoms with Gasteiger partial charge in [0.25, 0.3) is 0 Å². The van der Waals surface area contributed by atoms with Crippen LogP contribution in [0.4, 0.5) is 0 Å². The van der Waals surface area contributed by atoms with Gasteiger partial charge in [-0.15, -0.1) is 0 Å². The third kappa shape index (κ3) is 4.73. The summed E-state index contributed by atoms with van der Waals surface area (Å²) in [5, 5.41) is 3.78. The molecular formula is C18H30N2S. The van der Waals surface area contributed by atoms with E-state index in [1.807, 2.05) is 11.8 Å². The first-order valence-electron chi connectivity index (χ1n) is 8.12. The van der Waals surface area contributed by atoms with E-state index in [1.165, 1.54) is 23.6 Å². The first-order valence-corrected chi connectivity index (χ1v) is 9.28. The van der Waals surface area contributed by atoms with Gasteiger partial charge >= 0.3 is 0 Å². The van der Waals surface area contributed by atoms with Gasteiger partial charge in [-0.3, -0.25) is 4.90 Å². The van der Waals surface area contributed by atoms with E-state index in [4.69, 9.17) is 0 Å². The minimum absolute atomic E-state index is 0.317. The zero-order chi connectivity index (χ0) is 15.3. The smallest absolute Gasteiger partial charge is 0.0473 e. The van der Waals surface area contributed by atoms with Gasteiger partial charge in [-0.2, -0.15) is 11.8 Å². The summed E-state index contributed by atoms with van der Waals surface area (Å²) in [5.74, 6) is 2.45. The molecule has 1 aliphatic heterocycles. The monoisotopic (exact) mass is 306 g/mol. The number of nitrogens with one attached hydrogen (secondary N) is 1. The molecule has 2 unspecified atom stereocenters.